The lowest BCUT2D eigenvalue weighted by Gasteiger charge is -1.97. The molecule has 0 atom stereocenters. The molecule has 1 aliphatic heterocycles. The normalized spacial score (nSPS) is 10.4. The summed E-state index contributed by atoms with van der Waals surface area (Å²) in [5.41, 5.74) is 1.47. The Balaban J connectivity index is 2.45. The second kappa shape index (κ2) is 5.48. The van der Waals surface area contributed by atoms with Gasteiger partial charge in [0.2, 0.25) is 12.2 Å². The molecule has 98 valence electrons. The summed E-state index contributed by atoms with van der Waals surface area (Å²) in [6.45, 7) is 2.04. The van der Waals surface area contributed by atoms with Crippen LogP contribution in [-0.2, 0) is 16.1 Å². The molecule has 1 N–H and O–H groups in total. The summed E-state index contributed by atoms with van der Waals surface area (Å²) in [7, 11) is 0. The van der Waals surface area contributed by atoms with Crippen molar-refractivity contribution in [3.8, 4) is 11.3 Å². The molecule has 5 nitrogen and oxygen atoms in total. The van der Waals surface area contributed by atoms with Gasteiger partial charge in [0.05, 0.1) is 12.2 Å². The number of carboxylic acid groups (broad SMARTS) is 1. The van der Waals surface area contributed by atoms with Gasteiger partial charge in [-0.3, -0.25) is 0 Å². The molecule has 0 aromatic rings. The summed E-state index contributed by atoms with van der Waals surface area (Å²) in [5, 5.41) is 9.19. The lowest BCUT2D eigenvalue weighted by Crippen LogP contribution is -2.38. The molecule has 5 heteroatoms. The molecule has 0 aromatic heterocycles. The highest BCUT2D eigenvalue weighted by molar-refractivity contribution is 5.95. The maximum Gasteiger partial charge on any atom is 0.372 e. The van der Waals surface area contributed by atoms with E-state index in [1.807, 2.05) is 0 Å². The molecule has 0 bridgehead atoms. The van der Waals surface area contributed by atoms with E-state index in [9.17, 15) is 14.7 Å². The van der Waals surface area contributed by atoms with Gasteiger partial charge in [-0.05, 0) is 13.0 Å². The van der Waals surface area contributed by atoms with Crippen LogP contribution < -0.4 is 4.57 Å². The van der Waals surface area contributed by atoms with Crippen LogP contribution in [0.25, 0.3) is 11.3 Å². The summed E-state index contributed by atoms with van der Waals surface area (Å²) in [6.07, 6.45) is 1.46. The van der Waals surface area contributed by atoms with Crippen LogP contribution in [0.5, 0.6) is 0 Å². The molecule has 0 aromatic carbocycles. The zero-order valence-electron chi connectivity index (χ0n) is 10.5. The van der Waals surface area contributed by atoms with Crippen molar-refractivity contribution in [3.63, 3.8) is 0 Å². The maximum absolute atomic E-state index is 11.5. The fourth-order valence-electron chi connectivity index (χ4n) is 1.96. The number of esters is 1. The van der Waals surface area contributed by atoms with E-state index in [1.54, 1.807) is 41.8 Å². The van der Waals surface area contributed by atoms with Crippen molar-refractivity contribution in [1.82, 2.24) is 0 Å². The molecule has 0 amide bonds. The van der Waals surface area contributed by atoms with Gasteiger partial charge >= 0.3 is 11.9 Å². The Labute approximate surface area is 110 Å². The third-order valence-corrected chi connectivity index (χ3v) is 2.73. The predicted molar refractivity (Wildman–Crippen MR) is 66.9 cm³/mol. The van der Waals surface area contributed by atoms with Crippen LogP contribution in [0.2, 0.25) is 0 Å². The number of aromatic nitrogens is 1. The highest BCUT2D eigenvalue weighted by atomic mass is 16.5. The number of ether oxygens (including phenoxy) is 1. The van der Waals surface area contributed by atoms with E-state index in [0.717, 1.165) is 0 Å². The first-order chi connectivity index (χ1) is 9.13. The van der Waals surface area contributed by atoms with Crippen LogP contribution >= 0.6 is 0 Å². The first-order valence-corrected chi connectivity index (χ1v) is 5.93. The van der Waals surface area contributed by atoms with E-state index in [4.69, 9.17) is 4.74 Å². The minimum Gasteiger partial charge on any atom is -0.477 e. The molecule has 1 aliphatic carbocycles. The molecule has 0 fully saturated rings. The number of rotatable bonds is 4. The summed E-state index contributed by atoms with van der Waals surface area (Å²) >= 11 is 0. The van der Waals surface area contributed by atoms with Gasteiger partial charge in [0.25, 0.3) is 0 Å². The van der Waals surface area contributed by atoms with Crippen LogP contribution in [0, 0.1) is 0 Å². The average molecular weight is 260 g/mol. The second-order valence-electron chi connectivity index (χ2n) is 3.99. The molecule has 0 spiro atoms. The smallest absolute Gasteiger partial charge is 0.372 e. The van der Waals surface area contributed by atoms with Gasteiger partial charge < -0.3 is 9.84 Å². The summed E-state index contributed by atoms with van der Waals surface area (Å²) in [5.74, 6) is -1.40. The van der Waals surface area contributed by atoms with Gasteiger partial charge in [-0.1, -0.05) is 18.2 Å². The molecule has 1 heterocycles. The number of hydrogen-bond donors (Lipinski definition) is 1. The standard InChI is InChI=1S/C14H13NO4/c1-2-19-13(16)9-15-8-11(14(17)18)10-6-4-3-5-7-12(10)15/h3-8H,2,9H2,1H3/p+1. The van der Waals surface area contributed by atoms with Crippen molar-refractivity contribution in [3.05, 3.63) is 42.1 Å². The topological polar surface area (TPSA) is 67.5 Å². The largest absolute Gasteiger partial charge is 0.477 e. The van der Waals surface area contributed by atoms with Crippen molar-refractivity contribution >= 4 is 11.9 Å². The minimum absolute atomic E-state index is 0.00162. The van der Waals surface area contributed by atoms with Gasteiger partial charge in [0.15, 0.2) is 6.20 Å². The van der Waals surface area contributed by atoms with Crippen LogP contribution in [0.4, 0.5) is 0 Å². The van der Waals surface area contributed by atoms with E-state index in [2.05, 4.69) is 0 Å². The molecular weight excluding hydrogens is 246 g/mol. The SMILES string of the molecule is CCOC(=O)C[n+]1cc(C(=O)O)c2cccccc1-2. The third-order valence-electron chi connectivity index (χ3n) is 2.73. The van der Waals surface area contributed by atoms with Crippen LogP contribution in [0.1, 0.15) is 17.3 Å². The zero-order valence-corrected chi connectivity index (χ0v) is 10.5. The van der Waals surface area contributed by atoms with E-state index >= 15 is 0 Å². The van der Waals surface area contributed by atoms with Crippen molar-refractivity contribution in [1.29, 1.82) is 0 Å². The average Bonchev–Trinajstić information content (AvgIpc) is 2.56. The quantitative estimate of drug-likeness (QED) is 0.665. The monoisotopic (exact) mass is 260 g/mol. The van der Waals surface area contributed by atoms with Crippen molar-refractivity contribution in [2.24, 2.45) is 0 Å². The Morgan fingerprint density at radius 2 is 2.00 bits per heavy atom. The van der Waals surface area contributed by atoms with Gasteiger partial charge in [-0.2, -0.15) is 4.57 Å². The van der Waals surface area contributed by atoms with Crippen molar-refractivity contribution < 1.29 is 24.0 Å². The summed E-state index contributed by atoms with van der Waals surface area (Å²) in [4.78, 5) is 22.7. The van der Waals surface area contributed by atoms with Crippen LogP contribution in [0.3, 0.4) is 0 Å². The van der Waals surface area contributed by atoms with Crippen molar-refractivity contribution in [2.45, 2.75) is 13.5 Å². The first kappa shape index (κ1) is 13.0. The van der Waals surface area contributed by atoms with E-state index in [1.165, 1.54) is 6.20 Å². The number of carboxylic acids is 1. The highest BCUT2D eigenvalue weighted by Crippen LogP contribution is 2.22. The Morgan fingerprint density at radius 1 is 1.26 bits per heavy atom. The third kappa shape index (κ3) is 2.70. The molecule has 0 unspecified atom stereocenters. The number of carbonyl (C=O) groups excluding carboxylic acids is 1. The van der Waals surface area contributed by atoms with E-state index in [-0.39, 0.29) is 18.1 Å². The summed E-state index contributed by atoms with van der Waals surface area (Å²) in [6, 6.07) is 8.88. The van der Waals surface area contributed by atoms with E-state index in [0.29, 0.717) is 17.9 Å². The van der Waals surface area contributed by atoms with Gasteiger partial charge in [0.1, 0.15) is 5.56 Å². The van der Waals surface area contributed by atoms with E-state index < -0.39 is 5.97 Å². The Bertz CT molecular complexity index is 594. The number of hydrogen-bond acceptors (Lipinski definition) is 3. The molecule has 2 rings (SSSR count). The van der Waals surface area contributed by atoms with Gasteiger partial charge in [-0.25, -0.2) is 9.59 Å². The fraction of sp³-hybridized carbons (Fsp3) is 0.214. The highest BCUT2D eigenvalue weighted by Gasteiger charge is 2.28. The first-order valence-electron chi connectivity index (χ1n) is 5.93. The van der Waals surface area contributed by atoms with Gasteiger partial charge in [0, 0.05) is 6.07 Å². The van der Waals surface area contributed by atoms with Gasteiger partial charge in [-0.15, -0.1) is 0 Å². The van der Waals surface area contributed by atoms with Crippen LogP contribution in [0.15, 0.2) is 36.5 Å². The Kier molecular flexibility index (Phi) is 3.75. The number of carbonyl (C=O) groups is 2. The molecule has 0 radical (unpaired) electrons. The molecule has 19 heavy (non-hydrogen) atoms. The molecular formula is C14H14NO4+. The Hall–Kier alpha value is -2.43. The second-order valence-corrected chi connectivity index (χ2v) is 3.99. The van der Waals surface area contributed by atoms with Crippen molar-refractivity contribution in [2.75, 3.05) is 6.61 Å². The summed E-state index contributed by atoms with van der Waals surface area (Å²) < 4.78 is 6.47. The minimum atomic E-state index is -1.01. The predicted octanol–water partition coefficient (Wildman–Crippen LogP) is 1.34. The lowest BCUT2D eigenvalue weighted by molar-refractivity contribution is -0.672. The zero-order chi connectivity index (χ0) is 13.8. The number of nitrogens with zero attached hydrogens (tertiary/aromatic N) is 1. The van der Waals surface area contributed by atoms with Crippen LogP contribution in [-0.4, -0.2) is 23.7 Å². The number of fused-ring (bicyclic) bond motifs is 1. The fourth-order valence-corrected chi connectivity index (χ4v) is 1.96. The molecule has 0 saturated carbocycles. The molecule has 0 saturated heterocycles. The number of aromatic carboxylic acids is 1. The maximum atomic E-state index is 11.5. The molecule has 2 aliphatic rings. The lowest BCUT2D eigenvalue weighted by atomic mass is 10.1. The Morgan fingerprint density at radius 3 is 2.68 bits per heavy atom.